The normalized spacial score (nSPS) is 20.1. The van der Waals surface area contributed by atoms with Crippen LogP contribution in [0.15, 0.2) is 51.3 Å². The molecule has 1 aromatic carbocycles. The minimum Gasteiger partial charge on any atom is -0.495 e. The lowest BCUT2D eigenvalue weighted by atomic mass is 10.2. The van der Waals surface area contributed by atoms with Crippen molar-refractivity contribution < 1.29 is 9.53 Å². The molecule has 1 N–H and O–H groups in total. The molecule has 11 heteroatoms. The Balaban J connectivity index is 1.69. The van der Waals surface area contributed by atoms with Crippen LogP contribution in [0.1, 0.15) is 25.3 Å². The summed E-state index contributed by atoms with van der Waals surface area (Å²) in [5, 5.41) is 8.04. The largest absolute Gasteiger partial charge is 0.495 e. The highest BCUT2D eigenvalue weighted by Gasteiger charge is 2.26. The van der Waals surface area contributed by atoms with E-state index in [1.165, 1.54) is 0 Å². The van der Waals surface area contributed by atoms with Crippen molar-refractivity contribution in [1.29, 1.82) is 0 Å². The second-order valence-electron chi connectivity index (χ2n) is 7.89. The van der Waals surface area contributed by atoms with Gasteiger partial charge in [0.1, 0.15) is 23.1 Å². The van der Waals surface area contributed by atoms with Crippen LogP contribution in [0.4, 0.5) is 5.69 Å². The Labute approximate surface area is 207 Å². The van der Waals surface area contributed by atoms with E-state index >= 15 is 0 Å². The number of methoxy groups -OCH3 is 1. The van der Waals surface area contributed by atoms with Crippen molar-refractivity contribution in [2.45, 2.75) is 25.8 Å². The van der Waals surface area contributed by atoms with Crippen LogP contribution in [0.25, 0.3) is 0 Å². The van der Waals surface area contributed by atoms with Gasteiger partial charge in [0.05, 0.1) is 35.9 Å². The lowest BCUT2D eigenvalue weighted by Gasteiger charge is -2.28. The zero-order valence-electron chi connectivity index (χ0n) is 19.1. The molecule has 0 saturated carbocycles. The van der Waals surface area contributed by atoms with E-state index in [0.29, 0.717) is 51.7 Å². The van der Waals surface area contributed by atoms with Gasteiger partial charge in [0, 0.05) is 37.8 Å². The maximum Gasteiger partial charge on any atom is 0.220 e. The molecule has 0 bridgehead atoms. The van der Waals surface area contributed by atoms with Gasteiger partial charge in [-0.3, -0.25) is 14.5 Å². The van der Waals surface area contributed by atoms with Gasteiger partial charge in [0.2, 0.25) is 5.91 Å². The molecule has 0 spiro atoms. The second-order valence-corrected chi connectivity index (χ2v) is 8.68. The summed E-state index contributed by atoms with van der Waals surface area (Å²) in [4.78, 5) is 27.7. The van der Waals surface area contributed by atoms with E-state index in [-0.39, 0.29) is 18.6 Å². The first-order chi connectivity index (χ1) is 16.4. The van der Waals surface area contributed by atoms with Crippen LogP contribution in [0.3, 0.4) is 0 Å². The van der Waals surface area contributed by atoms with Crippen molar-refractivity contribution >= 4 is 52.6 Å². The SMILES string of the molecule is C/C=C1/N=CC(c2cnn(C)c2)=NC1=NCN(CC1CCC(=O)N1)c1c(Cl)ccc(OC)c1Cl. The van der Waals surface area contributed by atoms with E-state index in [1.54, 1.807) is 36.3 Å². The molecule has 1 amide bonds. The molecule has 3 heterocycles. The summed E-state index contributed by atoms with van der Waals surface area (Å²) in [5.74, 6) is 1.02. The fourth-order valence-corrected chi connectivity index (χ4v) is 4.51. The minimum atomic E-state index is -0.0499. The quantitative estimate of drug-likeness (QED) is 0.625. The predicted molar refractivity (Wildman–Crippen MR) is 136 cm³/mol. The molecule has 2 aliphatic heterocycles. The van der Waals surface area contributed by atoms with Crippen LogP contribution >= 0.6 is 23.2 Å². The molecule has 4 rings (SSSR count). The van der Waals surface area contributed by atoms with Crippen molar-refractivity contribution in [2.75, 3.05) is 25.2 Å². The molecule has 0 radical (unpaired) electrons. The fraction of sp³-hybridized carbons (Fsp3) is 0.348. The Morgan fingerprint density at radius 2 is 2.21 bits per heavy atom. The molecule has 9 nitrogen and oxygen atoms in total. The van der Waals surface area contributed by atoms with Gasteiger partial charge in [-0.1, -0.05) is 29.3 Å². The Hall–Kier alpha value is -3.17. The number of carbonyl (C=O) groups excluding carboxylic acids is 1. The van der Waals surface area contributed by atoms with Gasteiger partial charge >= 0.3 is 0 Å². The average molecular weight is 502 g/mol. The van der Waals surface area contributed by atoms with Gasteiger partial charge in [0.15, 0.2) is 5.84 Å². The molecule has 0 aliphatic carbocycles. The maximum absolute atomic E-state index is 11.8. The molecule has 34 heavy (non-hydrogen) atoms. The number of aromatic nitrogens is 2. The zero-order chi connectivity index (χ0) is 24.2. The number of rotatable bonds is 7. The number of halogens is 2. The number of aryl methyl sites for hydroxylation is 1. The number of benzene rings is 1. The van der Waals surface area contributed by atoms with Crippen molar-refractivity contribution in [3.05, 3.63) is 51.9 Å². The van der Waals surface area contributed by atoms with Crippen LogP contribution in [0.2, 0.25) is 10.0 Å². The van der Waals surface area contributed by atoms with Crippen LogP contribution < -0.4 is 15.0 Å². The van der Waals surface area contributed by atoms with Crippen molar-refractivity contribution in [1.82, 2.24) is 15.1 Å². The Kier molecular flexibility index (Phi) is 7.33. The van der Waals surface area contributed by atoms with E-state index in [2.05, 4.69) is 15.4 Å². The summed E-state index contributed by atoms with van der Waals surface area (Å²) in [7, 11) is 3.39. The van der Waals surface area contributed by atoms with Crippen LogP contribution in [0.5, 0.6) is 5.75 Å². The molecule has 1 fully saturated rings. The first kappa shape index (κ1) is 24.0. The maximum atomic E-state index is 11.8. The molecular formula is C23H25Cl2N7O2. The number of ether oxygens (including phenoxy) is 1. The van der Waals surface area contributed by atoms with Crippen molar-refractivity contribution in [3.8, 4) is 5.75 Å². The number of allylic oxidation sites excluding steroid dienone is 1. The number of anilines is 1. The van der Waals surface area contributed by atoms with Gasteiger partial charge in [-0.25, -0.2) is 9.98 Å². The van der Waals surface area contributed by atoms with E-state index in [9.17, 15) is 4.79 Å². The Morgan fingerprint density at radius 3 is 2.85 bits per heavy atom. The van der Waals surface area contributed by atoms with Gasteiger partial charge in [-0.15, -0.1) is 0 Å². The zero-order valence-corrected chi connectivity index (χ0v) is 20.6. The number of nitrogens with one attached hydrogen (secondary N) is 1. The number of amides is 1. The average Bonchev–Trinajstić information content (AvgIpc) is 3.45. The van der Waals surface area contributed by atoms with E-state index in [4.69, 9.17) is 37.9 Å². The molecule has 1 unspecified atom stereocenters. The van der Waals surface area contributed by atoms with Gasteiger partial charge in [0.25, 0.3) is 0 Å². The van der Waals surface area contributed by atoms with Crippen molar-refractivity contribution in [3.63, 3.8) is 0 Å². The summed E-state index contributed by atoms with van der Waals surface area (Å²) in [6, 6.07) is 3.40. The second kappa shape index (κ2) is 10.4. The molecular weight excluding hydrogens is 477 g/mol. The molecule has 1 aromatic heterocycles. The topological polar surface area (TPSA) is 96.5 Å². The summed E-state index contributed by atoms with van der Waals surface area (Å²) < 4.78 is 7.10. The van der Waals surface area contributed by atoms with E-state index in [0.717, 1.165) is 12.0 Å². The van der Waals surface area contributed by atoms with Gasteiger partial charge in [-0.2, -0.15) is 5.10 Å². The number of carbonyl (C=O) groups is 1. The molecule has 1 saturated heterocycles. The highest BCUT2D eigenvalue weighted by atomic mass is 35.5. The third kappa shape index (κ3) is 5.15. The summed E-state index contributed by atoms with van der Waals surface area (Å²) >= 11 is 13.2. The smallest absolute Gasteiger partial charge is 0.220 e. The number of hydrogen-bond acceptors (Lipinski definition) is 6. The van der Waals surface area contributed by atoms with E-state index in [1.807, 2.05) is 31.1 Å². The molecule has 2 aromatic rings. The molecule has 178 valence electrons. The number of aliphatic imine (C=N–C) groups is 3. The fourth-order valence-electron chi connectivity index (χ4n) is 3.82. The number of amidine groups is 1. The van der Waals surface area contributed by atoms with Gasteiger partial charge in [-0.05, 0) is 25.5 Å². The van der Waals surface area contributed by atoms with E-state index < -0.39 is 0 Å². The first-order valence-electron chi connectivity index (χ1n) is 10.8. The lowest BCUT2D eigenvalue weighted by Crippen LogP contribution is -2.39. The van der Waals surface area contributed by atoms with Crippen LogP contribution in [-0.4, -0.2) is 59.8 Å². The standard InChI is InChI=1S/C23H25Cl2N7O2/c1-4-17-23(30-18(10-26-17)14-9-28-31(2)11-14)27-13-32(12-15-5-8-20(33)29-15)22-16(24)6-7-19(34-3)21(22)25/h4,6-7,9-11,15H,5,8,12-13H2,1-3H3,(H,29,33)/b17-4+,27-23?. The first-order valence-corrected chi connectivity index (χ1v) is 11.5. The third-order valence-electron chi connectivity index (χ3n) is 5.54. The monoisotopic (exact) mass is 501 g/mol. The third-order valence-corrected chi connectivity index (χ3v) is 6.21. The van der Waals surface area contributed by atoms with Crippen molar-refractivity contribution in [2.24, 2.45) is 22.0 Å². The Bertz CT molecular complexity index is 1220. The number of hydrogen-bond donors (Lipinski definition) is 1. The van der Waals surface area contributed by atoms with Crippen LogP contribution in [-0.2, 0) is 11.8 Å². The Morgan fingerprint density at radius 1 is 1.38 bits per heavy atom. The number of nitrogens with zero attached hydrogens (tertiary/aromatic N) is 6. The minimum absolute atomic E-state index is 0.0302. The lowest BCUT2D eigenvalue weighted by molar-refractivity contribution is -0.119. The molecule has 2 aliphatic rings. The summed E-state index contributed by atoms with van der Waals surface area (Å²) in [5.41, 5.74) is 2.76. The van der Waals surface area contributed by atoms with Gasteiger partial charge < -0.3 is 15.0 Å². The predicted octanol–water partition coefficient (Wildman–Crippen LogP) is 3.65. The molecule has 1 atom stereocenters. The highest BCUT2D eigenvalue weighted by molar-refractivity contribution is 6.42. The summed E-state index contributed by atoms with van der Waals surface area (Å²) in [6.07, 6.45) is 8.36. The summed E-state index contributed by atoms with van der Waals surface area (Å²) in [6.45, 7) is 2.56. The highest BCUT2D eigenvalue weighted by Crippen LogP contribution is 2.40. The van der Waals surface area contributed by atoms with Crippen LogP contribution in [0, 0.1) is 0 Å².